The molecule has 534 valence electrons. The standard InChI is InChI=1S/C18H24N.C17H22N.2C16H20N.2C15H18N/c1-14-8-6-7-9-16(14)17-11-10-15(13-19(17)5)12-18(2,3)4;1-13(2)11-15-9-10-17(18(4)12-15)16-8-6-5-7-14(16)3;1-11-8-6-7-9-15(11)16-14(4)13(3)12(2)10-17(16)5;1-12(2)14-9-10-16(17(4)11-14)15-8-6-5-7-13(15)3;1-4-13-9-10-16(3)15(11-13)14-8-6-5-7-12(14)2;1-4-13-9-10-15(16(3)11-13)14-8-6-5-7-12(14)2/h6-11,13H,12H2,1-5H3;5-10,12-13H,11H2,1-4H3;6-10H,1-5H3;5-12H,1-4H3;2*5-11H,4H2,1-3H3/q6*+1/i;;2D3;;;. The monoisotopic (exact) mass is 1370 g/mol. The van der Waals surface area contributed by atoms with Crippen molar-refractivity contribution in [1.82, 2.24) is 0 Å². The van der Waals surface area contributed by atoms with Crippen molar-refractivity contribution in [1.29, 1.82) is 0 Å². The highest BCUT2D eigenvalue weighted by Crippen LogP contribution is 2.29. The summed E-state index contributed by atoms with van der Waals surface area (Å²) in [7, 11) is 12.5. The number of aromatic nitrogens is 6. The second-order valence-corrected chi connectivity index (χ2v) is 29.9. The van der Waals surface area contributed by atoms with E-state index in [1.165, 1.54) is 117 Å². The van der Waals surface area contributed by atoms with Crippen LogP contribution in [0.4, 0.5) is 0 Å². The van der Waals surface area contributed by atoms with Gasteiger partial charge in [-0.25, -0.2) is 27.4 Å². The summed E-state index contributed by atoms with van der Waals surface area (Å²) in [5, 5.41) is 0. The molecule has 6 heteroatoms. The van der Waals surface area contributed by atoms with Crippen LogP contribution in [0.1, 0.15) is 150 Å². The number of benzene rings is 6. The summed E-state index contributed by atoms with van der Waals surface area (Å²) in [6.45, 7) is 34.9. The summed E-state index contributed by atoms with van der Waals surface area (Å²) in [6, 6.07) is 73.1. The highest BCUT2D eigenvalue weighted by Gasteiger charge is 2.21. The van der Waals surface area contributed by atoms with Gasteiger partial charge in [0.2, 0.25) is 34.2 Å². The third-order valence-electron chi connectivity index (χ3n) is 19.3. The molecule has 0 aliphatic carbocycles. The Morgan fingerprint density at radius 1 is 0.330 bits per heavy atom. The van der Waals surface area contributed by atoms with Gasteiger partial charge in [-0.15, -0.1) is 0 Å². The van der Waals surface area contributed by atoms with Gasteiger partial charge in [0.1, 0.15) is 42.3 Å². The minimum atomic E-state index is -2.07. The average molecular weight is 1380 g/mol. The van der Waals surface area contributed by atoms with Crippen LogP contribution in [-0.2, 0) is 68.0 Å². The Labute approximate surface area is 626 Å². The molecule has 103 heavy (non-hydrogen) atoms. The molecule has 0 atom stereocenters. The van der Waals surface area contributed by atoms with Gasteiger partial charge in [-0.3, -0.25) is 0 Å². The zero-order chi connectivity index (χ0) is 77.7. The molecule has 0 radical (unpaired) electrons. The lowest BCUT2D eigenvalue weighted by atomic mass is 9.88. The van der Waals surface area contributed by atoms with Crippen LogP contribution in [0.15, 0.2) is 243 Å². The second-order valence-electron chi connectivity index (χ2n) is 29.9. The van der Waals surface area contributed by atoms with Gasteiger partial charge in [-0.1, -0.05) is 172 Å². The first kappa shape index (κ1) is 75.9. The van der Waals surface area contributed by atoms with E-state index in [-0.39, 0.29) is 0 Å². The molecule has 12 rings (SSSR count). The smallest absolute Gasteiger partial charge is 0.201 e. The number of hydrogen-bond acceptors (Lipinski definition) is 0. The van der Waals surface area contributed by atoms with E-state index in [0.29, 0.717) is 22.8 Å². The number of nitrogens with zero attached hydrogens (tertiary/aromatic N) is 6. The lowest BCUT2D eigenvalue weighted by molar-refractivity contribution is -0.661. The molecule has 0 bridgehead atoms. The van der Waals surface area contributed by atoms with Gasteiger partial charge < -0.3 is 0 Å². The number of aryl methyl sites for hydroxylation is 15. The summed E-state index contributed by atoms with van der Waals surface area (Å²) in [4.78, 5) is 0. The zero-order valence-corrected chi connectivity index (χ0v) is 66.8. The molecule has 0 unspecified atom stereocenters. The fourth-order valence-electron chi connectivity index (χ4n) is 13.2. The lowest BCUT2D eigenvalue weighted by Gasteiger charge is -2.17. The Bertz CT molecular complexity index is 4900. The third kappa shape index (κ3) is 22.6. The van der Waals surface area contributed by atoms with Crippen LogP contribution in [0.25, 0.3) is 67.5 Å². The molecule has 0 spiro atoms. The summed E-state index contributed by atoms with van der Waals surface area (Å²) in [5.74, 6) is 1.28. The maximum absolute atomic E-state index is 7.64. The second kappa shape index (κ2) is 37.9. The molecule has 0 amide bonds. The topological polar surface area (TPSA) is 23.3 Å². The molecule has 6 aromatic carbocycles. The zero-order valence-electron chi connectivity index (χ0n) is 69.8. The van der Waals surface area contributed by atoms with E-state index in [1.807, 2.05) is 37.6 Å². The molecule has 0 aliphatic heterocycles. The van der Waals surface area contributed by atoms with Crippen LogP contribution in [0.2, 0.25) is 0 Å². The van der Waals surface area contributed by atoms with Crippen molar-refractivity contribution in [2.45, 2.75) is 156 Å². The highest BCUT2D eigenvalue weighted by atomic mass is 14.9. The van der Waals surface area contributed by atoms with Crippen LogP contribution in [0.5, 0.6) is 0 Å². The average Bonchev–Trinajstić information content (AvgIpc) is 0.773. The van der Waals surface area contributed by atoms with E-state index in [4.69, 9.17) is 4.11 Å². The summed E-state index contributed by atoms with van der Waals surface area (Å²) >= 11 is 0. The summed E-state index contributed by atoms with van der Waals surface area (Å²) in [6.07, 6.45) is 17.2. The molecular weight excluding hydrogens is 1250 g/mol. The molecule has 0 saturated carbocycles. The highest BCUT2D eigenvalue weighted by molar-refractivity contribution is 5.67. The maximum Gasteiger partial charge on any atom is 0.215 e. The van der Waals surface area contributed by atoms with Crippen molar-refractivity contribution >= 4 is 0 Å². The van der Waals surface area contributed by atoms with E-state index in [0.717, 1.165) is 48.1 Å². The SMILES string of the molecule is CCc1cc[n+](C)c(-c2ccccc2C)c1.CCc1ccc(-c2ccccc2C)[n+](C)c1.Cc1ccccc1-c1ccc(C(C)C)c[n+]1C.Cc1ccccc1-c1ccc(CC(C)(C)C)c[n+]1C.Cc1ccccc1-c1ccc(CC(C)C)c[n+]1C.[2H]C([2H])([2H])c1c[n+](C)c(-c2ccccc2C)c(C)c1C. The Hall–Kier alpha value is -9.78. The van der Waals surface area contributed by atoms with E-state index < -0.39 is 6.85 Å². The molecule has 0 aliphatic rings. The third-order valence-corrected chi connectivity index (χ3v) is 19.3. The number of pyridine rings is 6. The van der Waals surface area contributed by atoms with E-state index in [9.17, 15) is 0 Å². The van der Waals surface area contributed by atoms with E-state index >= 15 is 0 Å². The molecule has 0 saturated heterocycles. The molecule has 6 aromatic heterocycles. The first-order chi connectivity index (χ1) is 50.2. The first-order valence-electron chi connectivity index (χ1n) is 38.5. The lowest BCUT2D eigenvalue weighted by Crippen LogP contribution is -2.33. The Kier molecular flexibility index (Phi) is 27.9. The number of hydrogen-bond donors (Lipinski definition) is 0. The summed E-state index contributed by atoms with van der Waals surface area (Å²) < 4.78 is 35.9. The Morgan fingerprint density at radius 2 is 0.680 bits per heavy atom. The first-order valence-corrected chi connectivity index (χ1v) is 37.0. The van der Waals surface area contributed by atoms with Crippen molar-refractivity contribution in [3.8, 4) is 67.5 Å². The van der Waals surface area contributed by atoms with Gasteiger partial charge in [0.25, 0.3) is 0 Å². The van der Waals surface area contributed by atoms with Gasteiger partial charge in [-0.2, -0.15) is 0 Å². The summed E-state index contributed by atoms with van der Waals surface area (Å²) in [5.41, 5.74) is 32.6. The Morgan fingerprint density at radius 3 is 1.04 bits per heavy atom. The van der Waals surface area contributed by atoms with Crippen molar-refractivity contribution in [3.05, 3.63) is 321 Å². The van der Waals surface area contributed by atoms with Gasteiger partial charge >= 0.3 is 0 Å². The number of rotatable bonds is 12. The van der Waals surface area contributed by atoms with Crippen LogP contribution in [-0.4, -0.2) is 0 Å². The van der Waals surface area contributed by atoms with Gasteiger partial charge in [0, 0.05) is 107 Å². The van der Waals surface area contributed by atoms with Crippen molar-refractivity contribution in [2.75, 3.05) is 0 Å². The van der Waals surface area contributed by atoms with Crippen molar-refractivity contribution < 1.29 is 31.5 Å². The quantitative estimate of drug-likeness (QED) is 0.109. The van der Waals surface area contributed by atoms with E-state index in [2.05, 4.69) is 387 Å². The van der Waals surface area contributed by atoms with Gasteiger partial charge in [-0.05, 0) is 210 Å². The predicted molar refractivity (Wildman–Crippen MR) is 436 cm³/mol. The Balaban J connectivity index is 0.000000178. The van der Waals surface area contributed by atoms with Crippen LogP contribution in [0.3, 0.4) is 0 Å². The fraction of sp³-hybridized carbons (Fsp3) is 0.320. The van der Waals surface area contributed by atoms with Gasteiger partial charge in [0.15, 0.2) is 37.2 Å². The maximum atomic E-state index is 7.64. The molecule has 6 nitrogen and oxygen atoms in total. The van der Waals surface area contributed by atoms with Crippen LogP contribution >= 0.6 is 0 Å². The normalized spacial score (nSPS) is 11.4. The van der Waals surface area contributed by atoms with Crippen LogP contribution < -0.4 is 27.4 Å². The minimum Gasteiger partial charge on any atom is -0.201 e. The fourth-order valence-corrected chi connectivity index (χ4v) is 13.2. The largest absolute Gasteiger partial charge is 0.215 e. The molecule has 0 fully saturated rings. The van der Waals surface area contributed by atoms with Crippen molar-refractivity contribution in [2.24, 2.45) is 53.6 Å². The van der Waals surface area contributed by atoms with Crippen LogP contribution in [0, 0.1) is 73.6 Å². The van der Waals surface area contributed by atoms with Gasteiger partial charge in [0.05, 0.1) is 0 Å². The molecule has 0 N–H and O–H groups in total. The van der Waals surface area contributed by atoms with E-state index in [1.54, 1.807) is 6.20 Å². The van der Waals surface area contributed by atoms with Crippen molar-refractivity contribution in [3.63, 3.8) is 0 Å². The predicted octanol–water partition coefficient (Wildman–Crippen LogP) is 20.9. The molecule has 12 aromatic rings. The molecule has 6 heterocycles. The molecular formula is C97H122N6+6. The minimum absolute atomic E-state index is 0.331.